The average Bonchev–Trinajstić information content (AvgIpc) is 3.24. The van der Waals surface area contributed by atoms with Gasteiger partial charge >= 0.3 is 5.97 Å². The Morgan fingerprint density at radius 1 is 1.24 bits per heavy atom. The second-order valence-corrected chi connectivity index (χ2v) is 6.82. The molecule has 6 heteroatoms. The Hall–Kier alpha value is -2.24. The Morgan fingerprint density at radius 2 is 2.00 bits per heavy atom. The molecule has 0 unspecified atom stereocenters. The zero-order chi connectivity index (χ0) is 17.4. The molecule has 5 nitrogen and oxygen atoms in total. The van der Waals surface area contributed by atoms with Gasteiger partial charge in [0.25, 0.3) is 0 Å². The van der Waals surface area contributed by atoms with Crippen molar-refractivity contribution in [2.75, 3.05) is 19.9 Å². The van der Waals surface area contributed by atoms with E-state index in [0.29, 0.717) is 22.9 Å². The van der Waals surface area contributed by atoms with Crippen LogP contribution in [-0.2, 0) is 6.54 Å². The van der Waals surface area contributed by atoms with E-state index >= 15 is 0 Å². The number of benzene rings is 2. The van der Waals surface area contributed by atoms with Gasteiger partial charge in [0.15, 0.2) is 11.5 Å². The number of fused-ring (bicyclic) bond motifs is 1. The van der Waals surface area contributed by atoms with Crippen LogP contribution in [-0.4, -0.2) is 35.9 Å². The molecular formula is C19H18ClNO4. The molecule has 0 amide bonds. The molecule has 0 aromatic heterocycles. The smallest absolute Gasteiger partial charge is 0.335 e. The first-order chi connectivity index (χ1) is 12.1. The van der Waals surface area contributed by atoms with Crippen molar-refractivity contribution in [3.8, 4) is 11.5 Å². The number of halogens is 1. The molecule has 2 aromatic rings. The molecule has 130 valence electrons. The van der Waals surface area contributed by atoms with Gasteiger partial charge in [-0.25, -0.2) is 4.79 Å². The number of carboxylic acid groups (broad SMARTS) is 1. The lowest BCUT2D eigenvalue weighted by Gasteiger charge is -2.18. The highest BCUT2D eigenvalue weighted by atomic mass is 35.5. The number of carbonyl (C=O) groups is 1. The van der Waals surface area contributed by atoms with E-state index in [-0.39, 0.29) is 12.7 Å². The minimum absolute atomic E-state index is 0.222. The van der Waals surface area contributed by atoms with Gasteiger partial charge in [-0.05, 0) is 42.1 Å². The van der Waals surface area contributed by atoms with Gasteiger partial charge in [0.1, 0.15) is 0 Å². The Labute approximate surface area is 150 Å². The Balaban J connectivity index is 1.50. The van der Waals surface area contributed by atoms with Gasteiger partial charge in [0.05, 0.1) is 5.56 Å². The Kier molecular flexibility index (Phi) is 4.27. The lowest BCUT2D eigenvalue weighted by Crippen LogP contribution is -2.20. The third-order valence-corrected chi connectivity index (χ3v) is 5.19. The molecule has 0 spiro atoms. The number of ether oxygens (including phenoxy) is 2. The third kappa shape index (κ3) is 3.17. The summed E-state index contributed by atoms with van der Waals surface area (Å²) in [5, 5.41) is 10.1. The predicted molar refractivity (Wildman–Crippen MR) is 93.6 cm³/mol. The fourth-order valence-electron chi connectivity index (χ4n) is 3.60. The number of likely N-dealkylation sites (tertiary alicyclic amines) is 1. The molecule has 0 bridgehead atoms. The molecule has 0 aliphatic carbocycles. The van der Waals surface area contributed by atoms with E-state index in [1.54, 1.807) is 18.2 Å². The second kappa shape index (κ2) is 6.58. The number of nitrogens with zero attached hydrogens (tertiary/aromatic N) is 1. The fraction of sp³-hybridized carbons (Fsp3) is 0.316. The molecule has 2 aliphatic heterocycles. The monoisotopic (exact) mass is 359 g/mol. The van der Waals surface area contributed by atoms with Crippen molar-refractivity contribution in [2.45, 2.75) is 18.9 Å². The van der Waals surface area contributed by atoms with E-state index in [2.05, 4.69) is 4.90 Å². The van der Waals surface area contributed by atoms with Crippen LogP contribution in [0.1, 0.15) is 33.8 Å². The molecule has 0 radical (unpaired) electrons. The highest BCUT2D eigenvalue weighted by Crippen LogP contribution is 2.38. The SMILES string of the molecule is O=C(O)c1ccccc1[C@H]1CCN(Cc2cc3c(cc2Cl)OCO3)C1. The fourth-order valence-corrected chi connectivity index (χ4v) is 3.81. The molecule has 1 atom stereocenters. The molecule has 1 saturated heterocycles. The van der Waals surface area contributed by atoms with Gasteiger partial charge in [-0.1, -0.05) is 29.8 Å². The van der Waals surface area contributed by atoms with Crippen molar-refractivity contribution in [3.05, 3.63) is 58.1 Å². The summed E-state index contributed by atoms with van der Waals surface area (Å²) in [6, 6.07) is 11.0. The molecule has 0 saturated carbocycles. The summed E-state index contributed by atoms with van der Waals surface area (Å²) in [7, 11) is 0. The predicted octanol–water partition coefficient (Wildman–Crippen LogP) is 3.76. The van der Waals surface area contributed by atoms with Gasteiger partial charge in [-0.2, -0.15) is 0 Å². The van der Waals surface area contributed by atoms with Crippen molar-refractivity contribution >= 4 is 17.6 Å². The molecule has 1 N–H and O–H groups in total. The van der Waals surface area contributed by atoms with Crippen LogP contribution < -0.4 is 9.47 Å². The maximum atomic E-state index is 11.4. The summed E-state index contributed by atoms with van der Waals surface area (Å²) in [4.78, 5) is 13.7. The van der Waals surface area contributed by atoms with Crippen molar-refractivity contribution in [3.63, 3.8) is 0 Å². The zero-order valence-corrected chi connectivity index (χ0v) is 14.3. The quantitative estimate of drug-likeness (QED) is 0.900. The number of carboxylic acids is 1. The Morgan fingerprint density at radius 3 is 2.80 bits per heavy atom. The first-order valence-corrected chi connectivity index (χ1v) is 8.62. The van der Waals surface area contributed by atoms with E-state index in [0.717, 1.165) is 36.4 Å². The Bertz CT molecular complexity index is 823. The van der Waals surface area contributed by atoms with Gasteiger partial charge in [-0.3, -0.25) is 4.90 Å². The molecule has 4 rings (SSSR count). The second-order valence-electron chi connectivity index (χ2n) is 6.41. The lowest BCUT2D eigenvalue weighted by molar-refractivity contribution is 0.0695. The first kappa shape index (κ1) is 16.2. The van der Waals surface area contributed by atoms with E-state index < -0.39 is 5.97 Å². The van der Waals surface area contributed by atoms with Gasteiger partial charge in [0, 0.05) is 24.2 Å². The van der Waals surface area contributed by atoms with Gasteiger partial charge < -0.3 is 14.6 Å². The van der Waals surface area contributed by atoms with Crippen molar-refractivity contribution in [1.29, 1.82) is 0 Å². The summed E-state index contributed by atoms with van der Waals surface area (Å²) in [6.07, 6.45) is 0.937. The summed E-state index contributed by atoms with van der Waals surface area (Å²) in [5.41, 5.74) is 2.31. The lowest BCUT2D eigenvalue weighted by atomic mass is 9.93. The summed E-state index contributed by atoms with van der Waals surface area (Å²) >= 11 is 6.37. The molecule has 1 fully saturated rings. The van der Waals surface area contributed by atoms with Crippen molar-refractivity contribution in [2.24, 2.45) is 0 Å². The van der Waals surface area contributed by atoms with E-state index in [1.807, 2.05) is 18.2 Å². The van der Waals surface area contributed by atoms with Crippen LogP contribution in [0.15, 0.2) is 36.4 Å². The zero-order valence-electron chi connectivity index (χ0n) is 13.6. The number of rotatable bonds is 4. The van der Waals surface area contributed by atoms with E-state index in [4.69, 9.17) is 21.1 Å². The summed E-state index contributed by atoms with van der Waals surface area (Å²) < 4.78 is 10.8. The van der Waals surface area contributed by atoms with Crippen LogP contribution in [0, 0.1) is 0 Å². The maximum absolute atomic E-state index is 11.4. The van der Waals surface area contributed by atoms with Crippen LogP contribution in [0.25, 0.3) is 0 Å². The molecule has 2 aromatic carbocycles. The summed E-state index contributed by atoms with van der Waals surface area (Å²) in [6.45, 7) is 2.66. The normalized spacial score (nSPS) is 19.3. The molecular weight excluding hydrogens is 342 g/mol. The minimum atomic E-state index is -0.868. The number of hydrogen-bond acceptors (Lipinski definition) is 4. The standard InChI is InChI=1S/C19H18ClNO4/c20-16-8-18-17(24-11-25-18)7-13(16)10-21-6-5-12(9-21)14-3-1-2-4-15(14)19(22)23/h1-4,7-8,12H,5-6,9-11H2,(H,22,23)/t12-/m0/s1. The largest absolute Gasteiger partial charge is 0.478 e. The van der Waals surface area contributed by atoms with Crippen LogP contribution in [0.3, 0.4) is 0 Å². The minimum Gasteiger partial charge on any atom is -0.478 e. The van der Waals surface area contributed by atoms with Crippen LogP contribution in [0.4, 0.5) is 0 Å². The summed E-state index contributed by atoms with van der Waals surface area (Å²) in [5.74, 6) is 0.766. The van der Waals surface area contributed by atoms with Crippen LogP contribution in [0.2, 0.25) is 5.02 Å². The third-order valence-electron chi connectivity index (χ3n) is 4.84. The maximum Gasteiger partial charge on any atom is 0.335 e. The topological polar surface area (TPSA) is 59.0 Å². The average molecular weight is 360 g/mol. The van der Waals surface area contributed by atoms with E-state index in [1.165, 1.54) is 0 Å². The van der Waals surface area contributed by atoms with Gasteiger partial charge in [-0.15, -0.1) is 0 Å². The van der Waals surface area contributed by atoms with E-state index in [9.17, 15) is 9.90 Å². The van der Waals surface area contributed by atoms with Crippen molar-refractivity contribution < 1.29 is 19.4 Å². The number of hydrogen-bond donors (Lipinski definition) is 1. The highest BCUT2D eigenvalue weighted by molar-refractivity contribution is 6.31. The van der Waals surface area contributed by atoms with Gasteiger partial charge in [0.2, 0.25) is 6.79 Å². The van der Waals surface area contributed by atoms with Crippen LogP contribution in [0.5, 0.6) is 11.5 Å². The van der Waals surface area contributed by atoms with Crippen molar-refractivity contribution in [1.82, 2.24) is 4.90 Å². The molecule has 2 heterocycles. The first-order valence-electron chi connectivity index (χ1n) is 8.24. The highest BCUT2D eigenvalue weighted by Gasteiger charge is 2.28. The molecule has 25 heavy (non-hydrogen) atoms. The molecule has 2 aliphatic rings. The number of aromatic carboxylic acids is 1. The van der Waals surface area contributed by atoms with Crippen LogP contribution >= 0.6 is 11.6 Å².